The van der Waals surface area contributed by atoms with Gasteiger partial charge in [-0.3, -0.25) is 0 Å². The summed E-state index contributed by atoms with van der Waals surface area (Å²) in [6.07, 6.45) is -2.00. The number of pyridine rings is 1. The zero-order valence-corrected chi connectivity index (χ0v) is 9.59. The van der Waals surface area contributed by atoms with Crippen LogP contribution in [0.1, 0.15) is 22.5 Å². The maximum atomic E-state index is 13.4. The Labute approximate surface area is 96.8 Å². The number of methoxy groups -OCH3 is 1. The Bertz CT molecular complexity index is 398. The molecule has 0 amide bonds. The van der Waals surface area contributed by atoms with E-state index in [4.69, 9.17) is 0 Å². The van der Waals surface area contributed by atoms with Crippen LogP contribution < -0.4 is 0 Å². The van der Waals surface area contributed by atoms with Crippen molar-refractivity contribution in [3.8, 4) is 0 Å². The van der Waals surface area contributed by atoms with Crippen LogP contribution in [0.25, 0.3) is 0 Å². The molecule has 1 aromatic rings. The van der Waals surface area contributed by atoms with Gasteiger partial charge in [-0.15, -0.1) is 0 Å². The SMILES string of the molecule is COC(=O)c1ncc(I)c(C(F)F)c1F. The molecule has 1 heterocycles. The summed E-state index contributed by atoms with van der Waals surface area (Å²) < 4.78 is 42.4. The van der Waals surface area contributed by atoms with Crippen LogP contribution >= 0.6 is 22.6 Å². The normalized spacial score (nSPS) is 10.5. The van der Waals surface area contributed by atoms with Gasteiger partial charge in [0.05, 0.1) is 12.7 Å². The summed E-state index contributed by atoms with van der Waals surface area (Å²) in [6.45, 7) is 0. The third-order valence-corrected chi connectivity index (χ3v) is 2.47. The average Bonchev–Trinajstić information content (AvgIpc) is 2.16. The molecular weight excluding hydrogens is 326 g/mol. The predicted octanol–water partition coefficient (Wildman–Crippen LogP) is 2.55. The van der Waals surface area contributed by atoms with Crippen molar-refractivity contribution in [1.82, 2.24) is 4.98 Å². The second-order valence-corrected chi connectivity index (χ2v) is 3.64. The molecule has 0 radical (unpaired) electrons. The quantitative estimate of drug-likeness (QED) is 0.618. The maximum Gasteiger partial charge on any atom is 0.359 e. The van der Waals surface area contributed by atoms with Gasteiger partial charge in [0.1, 0.15) is 0 Å². The summed E-state index contributed by atoms with van der Waals surface area (Å²) in [6, 6.07) is 0. The van der Waals surface area contributed by atoms with E-state index in [1.807, 2.05) is 0 Å². The highest BCUT2D eigenvalue weighted by Gasteiger charge is 2.24. The number of esters is 1. The van der Waals surface area contributed by atoms with E-state index in [1.54, 1.807) is 0 Å². The number of hydrogen-bond donors (Lipinski definition) is 0. The zero-order chi connectivity index (χ0) is 11.6. The first-order chi connectivity index (χ1) is 6.99. The van der Waals surface area contributed by atoms with Crippen LogP contribution in [0.4, 0.5) is 13.2 Å². The molecule has 0 fully saturated rings. The van der Waals surface area contributed by atoms with Crippen molar-refractivity contribution in [2.24, 2.45) is 0 Å². The van der Waals surface area contributed by atoms with Crippen molar-refractivity contribution in [3.05, 3.63) is 26.8 Å². The summed E-state index contributed by atoms with van der Waals surface area (Å²) in [5.41, 5.74) is -1.56. The molecule has 1 rings (SSSR count). The Kier molecular flexibility index (Phi) is 3.89. The molecule has 0 N–H and O–H groups in total. The number of carbonyl (C=O) groups excluding carboxylic acids is 1. The Hall–Kier alpha value is -0.860. The molecule has 0 spiro atoms. The first kappa shape index (κ1) is 12.2. The largest absolute Gasteiger partial charge is 0.464 e. The Balaban J connectivity index is 3.35. The summed E-state index contributed by atoms with van der Waals surface area (Å²) in [5, 5.41) is 0. The average molecular weight is 331 g/mol. The van der Waals surface area contributed by atoms with E-state index in [-0.39, 0.29) is 3.57 Å². The fraction of sp³-hybridized carbons (Fsp3) is 0.250. The van der Waals surface area contributed by atoms with Gasteiger partial charge in [0, 0.05) is 9.77 Å². The van der Waals surface area contributed by atoms with Crippen molar-refractivity contribution >= 4 is 28.6 Å². The Morgan fingerprint density at radius 3 is 2.67 bits per heavy atom. The lowest BCUT2D eigenvalue weighted by atomic mass is 10.2. The number of hydrogen-bond acceptors (Lipinski definition) is 3. The smallest absolute Gasteiger partial charge is 0.359 e. The molecule has 0 atom stereocenters. The van der Waals surface area contributed by atoms with E-state index in [1.165, 1.54) is 22.6 Å². The number of aromatic nitrogens is 1. The predicted molar refractivity (Wildman–Crippen MR) is 53.2 cm³/mol. The minimum Gasteiger partial charge on any atom is -0.464 e. The van der Waals surface area contributed by atoms with Crippen LogP contribution in [0.5, 0.6) is 0 Å². The minimum absolute atomic E-state index is 0.0345. The fourth-order valence-corrected chi connectivity index (χ4v) is 1.53. The third-order valence-electron chi connectivity index (χ3n) is 1.61. The van der Waals surface area contributed by atoms with Crippen molar-refractivity contribution in [2.45, 2.75) is 6.43 Å². The van der Waals surface area contributed by atoms with Crippen LogP contribution in [-0.4, -0.2) is 18.1 Å². The van der Waals surface area contributed by atoms with E-state index < -0.39 is 29.5 Å². The van der Waals surface area contributed by atoms with Crippen LogP contribution in [0.2, 0.25) is 0 Å². The monoisotopic (exact) mass is 331 g/mol. The van der Waals surface area contributed by atoms with Crippen LogP contribution in [0, 0.1) is 9.39 Å². The Morgan fingerprint density at radius 1 is 1.60 bits per heavy atom. The minimum atomic E-state index is -3.00. The lowest BCUT2D eigenvalue weighted by Gasteiger charge is -2.07. The number of alkyl halides is 2. The molecule has 0 aliphatic rings. The molecule has 0 aliphatic carbocycles. The molecule has 0 saturated heterocycles. The summed E-state index contributed by atoms with van der Waals surface area (Å²) in [4.78, 5) is 14.3. The lowest BCUT2D eigenvalue weighted by Crippen LogP contribution is -2.11. The van der Waals surface area contributed by atoms with Gasteiger partial charge in [-0.25, -0.2) is 22.9 Å². The highest BCUT2D eigenvalue weighted by molar-refractivity contribution is 14.1. The van der Waals surface area contributed by atoms with E-state index >= 15 is 0 Å². The number of carbonyl (C=O) groups is 1. The molecular formula is C8H5F3INO2. The number of rotatable bonds is 2. The van der Waals surface area contributed by atoms with Gasteiger partial charge in [-0.05, 0) is 22.6 Å². The fourth-order valence-electron chi connectivity index (χ4n) is 0.919. The van der Waals surface area contributed by atoms with Crippen molar-refractivity contribution in [3.63, 3.8) is 0 Å². The first-order valence-electron chi connectivity index (χ1n) is 3.69. The van der Waals surface area contributed by atoms with Crippen molar-refractivity contribution in [2.75, 3.05) is 7.11 Å². The van der Waals surface area contributed by atoms with Gasteiger partial charge in [0.2, 0.25) is 0 Å². The zero-order valence-electron chi connectivity index (χ0n) is 7.43. The number of halogens is 4. The van der Waals surface area contributed by atoms with Crippen LogP contribution in [0.15, 0.2) is 6.20 Å². The van der Waals surface area contributed by atoms with Gasteiger partial charge in [0.15, 0.2) is 11.5 Å². The molecule has 0 saturated carbocycles. The van der Waals surface area contributed by atoms with Crippen LogP contribution in [0.3, 0.4) is 0 Å². The highest BCUT2D eigenvalue weighted by atomic mass is 127. The summed E-state index contributed by atoms with van der Waals surface area (Å²) in [7, 11) is 1.02. The maximum absolute atomic E-state index is 13.4. The Morgan fingerprint density at radius 2 is 2.20 bits per heavy atom. The van der Waals surface area contributed by atoms with E-state index in [2.05, 4.69) is 9.72 Å². The van der Waals surface area contributed by atoms with E-state index in [0.717, 1.165) is 13.3 Å². The molecule has 0 aliphatic heterocycles. The molecule has 1 aromatic heterocycles. The van der Waals surface area contributed by atoms with Gasteiger partial charge in [0.25, 0.3) is 6.43 Å². The molecule has 15 heavy (non-hydrogen) atoms. The molecule has 0 aromatic carbocycles. The van der Waals surface area contributed by atoms with Gasteiger partial charge >= 0.3 is 5.97 Å². The van der Waals surface area contributed by atoms with Crippen molar-refractivity contribution in [1.29, 1.82) is 0 Å². The highest BCUT2D eigenvalue weighted by Crippen LogP contribution is 2.28. The number of nitrogens with zero attached hydrogens (tertiary/aromatic N) is 1. The van der Waals surface area contributed by atoms with Gasteiger partial charge < -0.3 is 4.74 Å². The van der Waals surface area contributed by atoms with Crippen molar-refractivity contribution < 1.29 is 22.7 Å². The van der Waals surface area contributed by atoms with E-state index in [9.17, 15) is 18.0 Å². The molecule has 0 bridgehead atoms. The second kappa shape index (κ2) is 4.77. The van der Waals surface area contributed by atoms with Gasteiger partial charge in [-0.1, -0.05) is 0 Å². The molecule has 0 unspecified atom stereocenters. The standard InChI is InChI=1S/C8H5F3INO2/c1-15-8(14)6-5(9)4(7(10)11)3(12)2-13-6/h2,7H,1H3. The van der Waals surface area contributed by atoms with E-state index in [0.29, 0.717) is 0 Å². The first-order valence-corrected chi connectivity index (χ1v) is 4.77. The third kappa shape index (κ3) is 2.39. The number of ether oxygens (including phenoxy) is 1. The van der Waals surface area contributed by atoms with Crippen LogP contribution in [-0.2, 0) is 4.74 Å². The topological polar surface area (TPSA) is 39.2 Å². The molecule has 7 heteroatoms. The summed E-state index contributed by atoms with van der Waals surface area (Å²) >= 11 is 1.52. The summed E-state index contributed by atoms with van der Waals surface area (Å²) in [5.74, 6) is -2.41. The van der Waals surface area contributed by atoms with Gasteiger partial charge in [-0.2, -0.15) is 0 Å². The lowest BCUT2D eigenvalue weighted by molar-refractivity contribution is 0.0586. The molecule has 82 valence electrons. The second-order valence-electron chi connectivity index (χ2n) is 2.47. The molecule has 3 nitrogen and oxygen atoms in total.